The van der Waals surface area contributed by atoms with Crippen molar-refractivity contribution in [2.75, 3.05) is 24.2 Å². The topological polar surface area (TPSA) is 66.5 Å². The van der Waals surface area contributed by atoms with E-state index in [0.717, 1.165) is 29.7 Å². The second-order valence-electron chi connectivity index (χ2n) is 5.85. The van der Waals surface area contributed by atoms with Gasteiger partial charge in [-0.3, -0.25) is 4.79 Å². The van der Waals surface area contributed by atoms with Crippen LogP contribution in [0.25, 0.3) is 0 Å². The fraction of sp³-hybridized carbons (Fsp3) is 0.562. The van der Waals surface area contributed by atoms with E-state index in [-0.39, 0.29) is 24.1 Å². The molecule has 1 atom stereocenters. The third-order valence-electron chi connectivity index (χ3n) is 4.24. The maximum atomic E-state index is 12.5. The second-order valence-corrected chi connectivity index (χ2v) is 8.11. The standard InChI is InChI=1S/C16H24N2O3S/c1-4-22(20,21)18-10-6-9-14(11-18)16(19)17-15-12(2)7-5-8-13(15)3/h5,7-8,14H,4,6,9-11H2,1-3H3,(H,17,19)/t14-/m0/s1. The van der Waals surface area contributed by atoms with Gasteiger partial charge in [-0.2, -0.15) is 0 Å². The number of carbonyl (C=O) groups is 1. The van der Waals surface area contributed by atoms with Crippen molar-refractivity contribution in [1.82, 2.24) is 4.31 Å². The summed E-state index contributed by atoms with van der Waals surface area (Å²) in [5.41, 5.74) is 2.87. The third-order valence-corrected chi connectivity index (χ3v) is 6.09. The van der Waals surface area contributed by atoms with Gasteiger partial charge in [0, 0.05) is 18.8 Å². The average molecular weight is 324 g/mol. The number of benzene rings is 1. The van der Waals surface area contributed by atoms with Crippen LogP contribution in [0.3, 0.4) is 0 Å². The molecule has 0 spiro atoms. The summed E-state index contributed by atoms with van der Waals surface area (Å²) in [6.45, 7) is 6.35. The van der Waals surface area contributed by atoms with Gasteiger partial charge in [-0.15, -0.1) is 0 Å². The Bertz CT molecular complexity index is 635. The van der Waals surface area contributed by atoms with E-state index in [9.17, 15) is 13.2 Å². The van der Waals surface area contributed by atoms with Crippen molar-refractivity contribution in [3.05, 3.63) is 29.3 Å². The number of rotatable bonds is 4. The zero-order valence-electron chi connectivity index (χ0n) is 13.4. The molecule has 0 bridgehead atoms. The Hall–Kier alpha value is -1.40. The monoisotopic (exact) mass is 324 g/mol. The van der Waals surface area contributed by atoms with Crippen molar-refractivity contribution < 1.29 is 13.2 Å². The molecule has 0 aromatic heterocycles. The van der Waals surface area contributed by atoms with Crippen LogP contribution in [0.15, 0.2) is 18.2 Å². The third kappa shape index (κ3) is 3.67. The van der Waals surface area contributed by atoms with Gasteiger partial charge in [-0.05, 0) is 44.7 Å². The number of para-hydroxylation sites is 1. The summed E-state index contributed by atoms with van der Waals surface area (Å²) in [7, 11) is -3.22. The molecular formula is C16H24N2O3S. The maximum Gasteiger partial charge on any atom is 0.228 e. The molecule has 1 saturated heterocycles. The summed E-state index contributed by atoms with van der Waals surface area (Å²) in [6, 6.07) is 5.87. The van der Waals surface area contributed by atoms with Crippen molar-refractivity contribution >= 4 is 21.6 Å². The molecule has 1 amide bonds. The van der Waals surface area contributed by atoms with E-state index in [4.69, 9.17) is 0 Å². The summed E-state index contributed by atoms with van der Waals surface area (Å²) in [5.74, 6) is -0.291. The Balaban J connectivity index is 2.10. The van der Waals surface area contributed by atoms with Crippen LogP contribution in [0.1, 0.15) is 30.9 Å². The molecule has 1 aromatic rings. The Morgan fingerprint density at radius 1 is 1.32 bits per heavy atom. The first-order valence-electron chi connectivity index (χ1n) is 7.70. The van der Waals surface area contributed by atoms with E-state index in [0.29, 0.717) is 6.54 Å². The first-order valence-corrected chi connectivity index (χ1v) is 9.31. The van der Waals surface area contributed by atoms with Gasteiger partial charge in [0.2, 0.25) is 15.9 Å². The fourth-order valence-corrected chi connectivity index (χ4v) is 4.01. The summed E-state index contributed by atoms with van der Waals surface area (Å²) in [4.78, 5) is 12.5. The number of amides is 1. The molecule has 1 fully saturated rings. The van der Waals surface area contributed by atoms with Crippen LogP contribution in [0, 0.1) is 19.8 Å². The Labute approximate surface area is 132 Å². The predicted octanol–water partition coefficient (Wildman–Crippen LogP) is 2.30. The van der Waals surface area contributed by atoms with E-state index in [1.54, 1.807) is 6.92 Å². The molecule has 2 rings (SSSR count). The lowest BCUT2D eigenvalue weighted by Gasteiger charge is -2.31. The first kappa shape index (κ1) is 17.0. The highest BCUT2D eigenvalue weighted by Crippen LogP contribution is 2.24. The predicted molar refractivity (Wildman–Crippen MR) is 88.3 cm³/mol. The van der Waals surface area contributed by atoms with Crippen LogP contribution in [-0.4, -0.2) is 37.5 Å². The van der Waals surface area contributed by atoms with Crippen molar-refractivity contribution in [3.8, 4) is 0 Å². The van der Waals surface area contributed by atoms with Gasteiger partial charge in [0.25, 0.3) is 0 Å². The molecule has 6 heteroatoms. The Kier molecular flexibility index (Phi) is 5.24. The van der Waals surface area contributed by atoms with Crippen LogP contribution < -0.4 is 5.32 Å². The number of hydrogen-bond donors (Lipinski definition) is 1. The number of anilines is 1. The molecule has 5 nitrogen and oxygen atoms in total. The molecule has 1 N–H and O–H groups in total. The minimum Gasteiger partial charge on any atom is -0.325 e. The number of carbonyl (C=O) groups excluding carboxylic acids is 1. The smallest absolute Gasteiger partial charge is 0.228 e. The first-order chi connectivity index (χ1) is 10.3. The molecule has 0 saturated carbocycles. The van der Waals surface area contributed by atoms with Crippen LogP contribution >= 0.6 is 0 Å². The van der Waals surface area contributed by atoms with Gasteiger partial charge < -0.3 is 5.32 Å². The van der Waals surface area contributed by atoms with E-state index < -0.39 is 10.0 Å². The van der Waals surface area contributed by atoms with E-state index in [2.05, 4.69) is 5.32 Å². The lowest BCUT2D eigenvalue weighted by molar-refractivity contribution is -0.120. The number of hydrogen-bond acceptors (Lipinski definition) is 3. The van der Waals surface area contributed by atoms with Crippen molar-refractivity contribution in [3.63, 3.8) is 0 Å². The Morgan fingerprint density at radius 3 is 2.55 bits per heavy atom. The normalized spacial score (nSPS) is 19.9. The molecule has 122 valence electrons. The summed E-state index contributed by atoms with van der Waals surface area (Å²) < 4.78 is 25.4. The molecule has 1 aliphatic rings. The van der Waals surface area contributed by atoms with E-state index in [1.807, 2.05) is 32.0 Å². The highest BCUT2D eigenvalue weighted by molar-refractivity contribution is 7.89. The molecule has 22 heavy (non-hydrogen) atoms. The van der Waals surface area contributed by atoms with Crippen LogP contribution in [0.2, 0.25) is 0 Å². The lowest BCUT2D eigenvalue weighted by Crippen LogP contribution is -2.44. The Morgan fingerprint density at radius 2 is 1.95 bits per heavy atom. The number of piperidine rings is 1. The summed E-state index contributed by atoms with van der Waals surface area (Å²) >= 11 is 0. The molecule has 1 aliphatic heterocycles. The van der Waals surface area contributed by atoms with E-state index in [1.165, 1.54) is 4.31 Å². The quantitative estimate of drug-likeness (QED) is 0.924. The highest BCUT2D eigenvalue weighted by atomic mass is 32.2. The zero-order valence-corrected chi connectivity index (χ0v) is 14.2. The number of nitrogens with one attached hydrogen (secondary N) is 1. The second kappa shape index (κ2) is 6.79. The summed E-state index contributed by atoms with van der Waals surface area (Å²) in [6.07, 6.45) is 1.45. The van der Waals surface area contributed by atoms with Gasteiger partial charge in [-0.1, -0.05) is 18.2 Å². The van der Waals surface area contributed by atoms with Gasteiger partial charge in [0.15, 0.2) is 0 Å². The minimum absolute atomic E-state index is 0.0816. The largest absolute Gasteiger partial charge is 0.325 e. The zero-order chi connectivity index (χ0) is 16.3. The SMILES string of the molecule is CCS(=O)(=O)N1CCC[C@H](C(=O)Nc2c(C)cccc2C)C1. The lowest BCUT2D eigenvalue weighted by atomic mass is 9.98. The molecule has 1 heterocycles. The van der Waals surface area contributed by atoms with Gasteiger partial charge in [-0.25, -0.2) is 12.7 Å². The average Bonchev–Trinajstić information content (AvgIpc) is 2.51. The van der Waals surface area contributed by atoms with Crippen LogP contribution in [0.5, 0.6) is 0 Å². The van der Waals surface area contributed by atoms with Gasteiger partial charge in [0.1, 0.15) is 0 Å². The molecule has 0 radical (unpaired) electrons. The number of nitrogens with zero attached hydrogens (tertiary/aromatic N) is 1. The number of aryl methyl sites for hydroxylation is 2. The maximum absolute atomic E-state index is 12.5. The summed E-state index contributed by atoms with van der Waals surface area (Å²) in [5, 5.41) is 2.98. The van der Waals surface area contributed by atoms with Crippen molar-refractivity contribution in [1.29, 1.82) is 0 Å². The molecule has 1 aromatic carbocycles. The number of sulfonamides is 1. The fourth-order valence-electron chi connectivity index (χ4n) is 2.83. The van der Waals surface area contributed by atoms with Crippen molar-refractivity contribution in [2.45, 2.75) is 33.6 Å². The molecule has 0 unspecified atom stereocenters. The molecule has 0 aliphatic carbocycles. The van der Waals surface area contributed by atoms with Crippen LogP contribution in [0.4, 0.5) is 5.69 Å². The highest BCUT2D eigenvalue weighted by Gasteiger charge is 2.31. The van der Waals surface area contributed by atoms with Gasteiger partial charge >= 0.3 is 0 Å². The minimum atomic E-state index is -3.22. The van der Waals surface area contributed by atoms with Crippen molar-refractivity contribution in [2.24, 2.45) is 5.92 Å². The van der Waals surface area contributed by atoms with Crippen LogP contribution in [-0.2, 0) is 14.8 Å². The van der Waals surface area contributed by atoms with E-state index >= 15 is 0 Å². The van der Waals surface area contributed by atoms with Gasteiger partial charge in [0.05, 0.1) is 11.7 Å². The molecular weight excluding hydrogens is 300 g/mol.